The minimum Gasteiger partial charge on any atom is -0.407 e. The van der Waals surface area contributed by atoms with Gasteiger partial charge in [0.25, 0.3) is 11.8 Å². The highest BCUT2D eigenvalue weighted by Gasteiger charge is 2.55. The number of imidazole rings is 2. The summed E-state index contributed by atoms with van der Waals surface area (Å²) >= 11 is 0. The lowest BCUT2D eigenvalue weighted by Crippen LogP contribution is -2.49. The summed E-state index contributed by atoms with van der Waals surface area (Å²) in [5, 5.41) is 19.6. The third-order valence-electron chi connectivity index (χ3n) is 16.8. The van der Waals surface area contributed by atoms with E-state index in [-0.39, 0.29) is 59.4 Å². The molecule has 26 nitrogen and oxygen atoms in total. The van der Waals surface area contributed by atoms with Crippen LogP contribution in [-0.2, 0) is 48.2 Å². The summed E-state index contributed by atoms with van der Waals surface area (Å²) in [5.74, 6) is -1.94. The van der Waals surface area contributed by atoms with E-state index in [1.165, 1.54) is 28.4 Å². The quantitative estimate of drug-likeness (QED) is 0.0293. The van der Waals surface area contributed by atoms with Gasteiger partial charge in [-0.3, -0.25) is 37.7 Å². The van der Waals surface area contributed by atoms with Gasteiger partial charge in [0.05, 0.1) is 55.2 Å². The number of amides is 3. The molecule has 29 heteroatoms. The van der Waals surface area contributed by atoms with E-state index in [0.717, 1.165) is 23.4 Å². The van der Waals surface area contributed by atoms with E-state index in [1.54, 1.807) is 109 Å². The number of rotatable bonds is 23. The zero-order valence-electron chi connectivity index (χ0n) is 52.3. The van der Waals surface area contributed by atoms with Gasteiger partial charge < -0.3 is 48.1 Å². The zero-order chi connectivity index (χ0) is 66.0. The Hall–Kier alpha value is -8.01. The van der Waals surface area contributed by atoms with Crippen molar-refractivity contribution in [2.24, 2.45) is 5.92 Å². The minimum absolute atomic E-state index is 0.0345. The predicted octanol–water partition coefficient (Wildman–Crippen LogP) is 11.3. The molecule has 6 heterocycles. The first kappa shape index (κ1) is 66.4. The van der Waals surface area contributed by atoms with E-state index in [2.05, 4.69) is 40.5 Å². The molecule has 0 radical (unpaired) electrons. The fourth-order valence-electron chi connectivity index (χ4n) is 10.8. The molecule has 5 N–H and O–H groups in total. The Bertz CT molecular complexity index is 4220. The van der Waals surface area contributed by atoms with Crippen LogP contribution in [0.15, 0.2) is 152 Å². The average molecular weight is 1330 g/mol. The molecular formula is C64H73N11O15P2Si. The first-order chi connectivity index (χ1) is 44.4. The highest BCUT2D eigenvalue weighted by atomic mass is 31.2. The number of benzene rings is 5. The second-order valence-corrected chi connectivity index (χ2v) is 33.3. The second kappa shape index (κ2) is 27.5. The molecule has 3 amide bonds. The Balaban J connectivity index is 0.926. The van der Waals surface area contributed by atoms with E-state index >= 15 is 4.57 Å². The van der Waals surface area contributed by atoms with Crippen LogP contribution in [-0.4, -0.2) is 136 Å². The summed E-state index contributed by atoms with van der Waals surface area (Å²) in [6.45, 7) is 13.3. The van der Waals surface area contributed by atoms with Crippen LogP contribution in [0.4, 0.5) is 27.9 Å². The molecule has 5 aromatic carbocycles. The van der Waals surface area contributed by atoms with E-state index in [1.807, 2.05) is 76.3 Å². The molecule has 2 aliphatic rings. The van der Waals surface area contributed by atoms with Gasteiger partial charge in [-0.05, 0) is 89.8 Å². The van der Waals surface area contributed by atoms with E-state index in [0.29, 0.717) is 16.9 Å². The number of fused-ring (bicyclic) bond motifs is 3. The Kier molecular flexibility index (Phi) is 19.7. The van der Waals surface area contributed by atoms with Crippen molar-refractivity contribution in [2.45, 2.75) is 121 Å². The van der Waals surface area contributed by atoms with Gasteiger partial charge in [0.2, 0.25) is 11.9 Å². The van der Waals surface area contributed by atoms with Crippen molar-refractivity contribution in [2.75, 3.05) is 35.0 Å². The monoisotopic (exact) mass is 1330 g/mol. The first-order valence-corrected chi connectivity index (χ1v) is 36.7. The van der Waals surface area contributed by atoms with Crippen LogP contribution >= 0.6 is 15.2 Å². The Labute approximate surface area is 536 Å². The van der Waals surface area contributed by atoms with Crippen molar-refractivity contribution in [3.63, 3.8) is 0 Å². The molecule has 2 unspecified atom stereocenters. The van der Waals surface area contributed by atoms with Crippen molar-refractivity contribution in [3.8, 4) is 5.88 Å². The molecule has 0 aliphatic carbocycles. The Morgan fingerprint density at radius 3 is 1.94 bits per heavy atom. The number of hydrogen-bond donors (Lipinski definition) is 5. The van der Waals surface area contributed by atoms with Crippen LogP contribution in [0.5, 0.6) is 5.88 Å². The van der Waals surface area contributed by atoms with Crippen LogP contribution in [0.2, 0.25) is 18.1 Å². The molecule has 0 saturated carbocycles. The van der Waals surface area contributed by atoms with Crippen LogP contribution in [0.25, 0.3) is 33.1 Å². The summed E-state index contributed by atoms with van der Waals surface area (Å²) in [4.78, 5) is 92.8. The lowest BCUT2D eigenvalue weighted by Gasteiger charge is -2.40. The number of ether oxygens (including phenoxy) is 4. The van der Waals surface area contributed by atoms with Crippen molar-refractivity contribution in [1.82, 2.24) is 39.0 Å². The number of aliphatic hydroxyl groups excluding tert-OH is 1. The number of hydrogen-bond acceptors (Lipinski definition) is 19. The van der Waals surface area contributed by atoms with Gasteiger partial charge in [-0.25, -0.2) is 29.6 Å². The lowest BCUT2D eigenvalue weighted by molar-refractivity contribution is -0.118. The Morgan fingerprint density at radius 1 is 0.699 bits per heavy atom. The SMILES string of the molecule is COP(=O)(O)CC[C@H]1O[C@@H](n2cnc3c(NC(=O)c4ccccc4)ncnc32)[C@H](O[Si](C)(C)C(C)(C)C)[C@@H]1OP(=O)(O)CC[C@H]1O[C@@H](n2cnc3c(OC(=O)N(c4ccccc4)c4ccccc4)nc(NC(=O)C(C)C)nc32)[C@H](O)[C@@H]1OCc1ccc2ccccc2c1. The van der Waals surface area contributed by atoms with E-state index in [4.69, 9.17) is 32.4 Å². The van der Waals surface area contributed by atoms with Gasteiger partial charge in [-0.2, -0.15) is 9.97 Å². The summed E-state index contributed by atoms with van der Waals surface area (Å²) in [6, 6.07) is 39.7. The van der Waals surface area contributed by atoms with Crippen LogP contribution in [0, 0.1) is 5.92 Å². The number of carbonyl (C=O) groups excluding carboxylic acids is 3. The molecule has 0 bridgehead atoms. The average Bonchev–Trinajstić information content (AvgIpc) is 1.63. The maximum atomic E-state index is 15.2. The van der Waals surface area contributed by atoms with Gasteiger partial charge in [0.1, 0.15) is 30.7 Å². The summed E-state index contributed by atoms with van der Waals surface area (Å²) in [7, 11) is -10.9. The zero-order valence-corrected chi connectivity index (χ0v) is 55.1. The van der Waals surface area contributed by atoms with E-state index in [9.17, 15) is 33.8 Å². The van der Waals surface area contributed by atoms with Crippen LogP contribution < -0.4 is 20.3 Å². The molecule has 2 saturated heterocycles. The number of nitrogens with zero attached hydrogens (tertiary/aromatic N) is 9. The molecular weight excluding hydrogens is 1250 g/mol. The van der Waals surface area contributed by atoms with Crippen molar-refractivity contribution < 1.29 is 70.8 Å². The molecule has 488 valence electrons. The number of aliphatic hydroxyl groups is 1. The standard InChI is InChI=1S/C64H73N11O15P2Si/c1-39(2)57(77)71-62-70-56-49(59(72-62)88-63(79)75(44-24-14-10-15-25-44)45-26-16-11-17-27-45)68-38-74(56)60-50(76)51(85-35-40-28-29-41-20-18-19-23-43(41)34-40)46(86-60)31-33-92(82,83)89-52-47(30-32-91(80,81)84-6)87-61(53(52)90-93(7,8)64(3,4)5)73-37-67-48-54(65-36-66-55(48)73)69-58(78)42-21-12-9-13-22-42/h9-29,34,36-39,46-47,50-53,60-61,76H,30-33,35H2,1-8H3,(H,80,81)(H,82,83)(H,65,66,69,78)(H,70,71,72,77)/t46-,47-,50-,51-,52-,53-,60-,61-/m1/s1. The van der Waals surface area contributed by atoms with Gasteiger partial charge in [-0.1, -0.05) is 126 Å². The molecule has 10 atom stereocenters. The smallest absolute Gasteiger partial charge is 0.407 e. The van der Waals surface area contributed by atoms with Gasteiger partial charge in [-0.15, -0.1) is 0 Å². The summed E-state index contributed by atoms with van der Waals surface area (Å²) < 4.78 is 76.1. The molecule has 11 rings (SSSR count). The van der Waals surface area contributed by atoms with Crippen LogP contribution in [0.3, 0.4) is 0 Å². The predicted molar refractivity (Wildman–Crippen MR) is 348 cm³/mol. The minimum atomic E-state index is -4.88. The molecule has 0 spiro atoms. The van der Waals surface area contributed by atoms with Crippen molar-refractivity contribution in [1.29, 1.82) is 0 Å². The molecule has 2 aliphatic heterocycles. The highest BCUT2D eigenvalue weighted by Crippen LogP contribution is 2.53. The molecule has 9 aromatic rings. The number of anilines is 4. The first-order valence-electron chi connectivity index (χ1n) is 30.2. The maximum Gasteiger partial charge on any atom is 0.425 e. The molecule has 93 heavy (non-hydrogen) atoms. The molecule has 4 aromatic heterocycles. The Morgan fingerprint density at radius 2 is 1.29 bits per heavy atom. The second-order valence-electron chi connectivity index (χ2n) is 24.5. The fourth-order valence-corrected chi connectivity index (χ4v) is 14.1. The third kappa shape index (κ3) is 14.8. The number of carbonyl (C=O) groups is 3. The summed E-state index contributed by atoms with van der Waals surface area (Å²) in [5.41, 5.74) is 2.36. The normalized spacial score (nSPS) is 21.4. The number of nitrogens with one attached hydrogen (secondary N) is 2. The topological polar surface area (TPSA) is 325 Å². The van der Waals surface area contributed by atoms with Crippen molar-refractivity contribution in [3.05, 3.63) is 164 Å². The largest absolute Gasteiger partial charge is 0.425 e. The third-order valence-corrected chi connectivity index (χ3v) is 24.0. The van der Waals surface area contributed by atoms with Crippen molar-refractivity contribution >= 4 is 97.7 Å². The van der Waals surface area contributed by atoms with Gasteiger partial charge in [0.15, 0.2) is 48.9 Å². The fraction of sp³-hybridized carbons (Fsp3) is 0.359. The lowest BCUT2D eigenvalue weighted by atomic mass is 10.1. The molecule has 2 fully saturated rings. The van der Waals surface area contributed by atoms with Gasteiger partial charge in [0, 0.05) is 18.6 Å². The van der Waals surface area contributed by atoms with Crippen LogP contribution in [0.1, 0.15) is 75.8 Å². The summed E-state index contributed by atoms with van der Waals surface area (Å²) in [6.07, 6.45) is -8.74. The number of aromatic nitrogens is 8. The number of para-hydroxylation sites is 2. The van der Waals surface area contributed by atoms with Gasteiger partial charge >= 0.3 is 21.3 Å². The highest BCUT2D eigenvalue weighted by molar-refractivity contribution is 7.53. The van der Waals surface area contributed by atoms with E-state index < -0.39 is 114 Å². The maximum absolute atomic E-state index is 15.2.